The van der Waals surface area contributed by atoms with Crippen LogP contribution in [0, 0.1) is 6.92 Å². The fraction of sp³-hybridized carbons (Fsp3) is 0.500. The molecule has 2 N–H and O–H groups in total. The maximum Gasteiger partial charge on any atom is 0.221 e. The first-order valence-electron chi connectivity index (χ1n) is 5.56. The molecule has 0 atom stereocenters. The second-order valence-electron chi connectivity index (χ2n) is 5.18. The molecule has 92 valence electrons. The summed E-state index contributed by atoms with van der Waals surface area (Å²) in [7, 11) is 1.91. The fourth-order valence-electron chi connectivity index (χ4n) is 1.72. The van der Waals surface area contributed by atoms with Crippen LogP contribution in [0.4, 0.5) is 5.82 Å². The SMILES string of the molecule is Cc1nc(N)c2cn(C)c(OC(C)(C)C)c2n1. The first-order valence-corrected chi connectivity index (χ1v) is 5.56. The summed E-state index contributed by atoms with van der Waals surface area (Å²) in [6.45, 7) is 7.83. The summed E-state index contributed by atoms with van der Waals surface area (Å²) < 4.78 is 7.80. The second-order valence-corrected chi connectivity index (χ2v) is 5.18. The lowest BCUT2D eigenvalue weighted by Gasteiger charge is -2.21. The van der Waals surface area contributed by atoms with Crippen molar-refractivity contribution in [2.75, 3.05) is 5.73 Å². The molecule has 0 fully saturated rings. The van der Waals surface area contributed by atoms with Crippen molar-refractivity contribution in [3.63, 3.8) is 0 Å². The predicted octanol–water partition coefficient (Wildman–Crippen LogP) is 2.04. The third-order valence-corrected chi connectivity index (χ3v) is 2.34. The van der Waals surface area contributed by atoms with Crippen molar-refractivity contribution >= 4 is 16.7 Å². The number of nitrogen functional groups attached to an aromatic ring is 1. The zero-order valence-corrected chi connectivity index (χ0v) is 10.9. The zero-order chi connectivity index (χ0) is 12.8. The Morgan fingerprint density at radius 3 is 2.53 bits per heavy atom. The average Bonchev–Trinajstić information content (AvgIpc) is 2.43. The standard InChI is InChI=1S/C12H18N4O/c1-7-14-9-8(10(13)15-7)6-16(5)11(9)17-12(2,3)4/h6H,1-5H3,(H2,13,14,15). The molecule has 0 saturated heterocycles. The Kier molecular flexibility index (Phi) is 2.49. The molecule has 0 amide bonds. The van der Waals surface area contributed by atoms with Crippen molar-refractivity contribution in [2.24, 2.45) is 7.05 Å². The normalized spacial score (nSPS) is 12.1. The monoisotopic (exact) mass is 234 g/mol. The fourth-order valence-corrected chi connectivity index (χ4v) is 1.72. The van der Waals surface area contributed by atoms with Gasteiger partial charge < -0.3 is 15.0 Å². The third-order valence-electron chi connectivity index (χ3n) is 2.34. The number of hydrogen-bond acceptors (Lipinski definition) is 4. The summed E-state index contributed by atoms with van der Waals surface area (Å²) in [6, 6.07) is 0. The number of fused-ring (bicyclic) bond motifs is 1. The van der Waals surface area contributed by atoms with E-state index in [4.69, 9.17) is 10.5 Å². The van der Waals surface area contributed by atoms with Gasteiger partial charge in [0, 0.05) is 13.2 Å². The molecule has 0 spiro atoms. The van der Waals surface area contributed by atoms with Gasteiger partial charge in [0.25, 0.3) is 0 Å². The molecule has 5 heteroatoms. The van der Waals surface area contributed by atoms with Crippen molar-refractivity contribution in [1.29, 1.82) is 0 Å². The van der Waals surface area contributed by atoms with Crippen LogP contribution in [0.15, 0.2) is 6.20 Å². The Morgan fingerprint density at radius 2 is 1.94 bits per heavy atom. The molecular formula is C12H18N4O. The number of aromatic nitrogens is 3. The number of hydrogen-bond donors (Lipinski definition) is 1. The summed E-state index contributed by atoms with van der Waals surface area (Å²) in [4.78, 5) is 8.55. The Balaban J connectivity index is 2.66. The van der Waals surface area contributed by atoms with Crippen molar-refractivity contribution in [2.45, 2.75) is 33.3 Å². The minimum atomic E-state index is -0.271. The Bertz CT molecular complexity index is 566. The highest BCUT2D eigenvalue weighted by Gasteiger charge is 2.19. The van der Waals surface area contributed by atoms with E-state index in [-0.39, 0.29) is 5.60 Å². The van der Waals surface area contributed by atoms with Gasteiger partial charge in [-0.2, -0.15) is 0 Å². The lowest BCUT2D eigenvalue weighted by molar-refractivity contribution is 0.121. The van der Waals surface area contributed by atoms with Crippen molar-refractivity contribution in [3.05, 3.63) is 12.0 Å². The van der Waals surface area contributed by atoms with E-state index in [1.165, 1.54) is 0 Å². The molecule has 0 bridgehead atoms. The number of rotatable bonds is 1. The van der Waals surface area contributed by atoms with E-state index in [1.54, 1.807) is 0 Å². The first kappa shape index (κ1) is 11.7. The van der Waals surface area contributed by atoms with E-state index < -0.39 is 0 Å². The summed E-state index contributed by atoms with van der Waals surface area (Å²) in [5.74, 6) is 1.87. The Morgan fingerprint density at radius 1 is 1.29 bits per heavy atom. The summed E-state index contributed by atoms with van der Waals surface area (Å²) in [6.07, 6.45) is 1.89. The molecule has 2 aromatic heterocycles. The molecule has 0 unspecified atom stereocenters. The van der Waals surface area contributed by atoms with E-state index in [1.807, 2.05) is 45.5 Å². The molecule has 5 nitrogen and oxygen atoms in total. The molecule has 2 heterocycles. The second kappa shape index (κ2) is 3.61. The molecule has 0 aliphatic heterocycles. The van der Waals surface area contributed by atoms with Gasteiger partial charge in [-0.05, 0) is 27.7 Å². The van der Waals surface area contributed by atoms with Gasteiger partial charge >= 0.3 is 0 Å². The molecule has 0 radical (unpaired) electrons. The highest BCUT2D eigenvalue weighted by molar-refractivity contribution is 5.92. The van der Waals surface area contributed by atoms with Crippen LogP contribution in [0.5, 0.6) is 5.88 Å². The van der Waals surface area contributed by atoms with Crippen molar-refractivity contribution < 1.29 is 4.74 Å². The summed E-state index contributed by atoms with van der Waals surface area (Å²) >= 11 is 0. The van der Waals surface area contributed by atoms with Crippen LogP contribution in [0.1, 0.15) is 26.6 Å². The first-order chi connectivity index (χ1) is 7.78. The zero-order valence-electron chi connectivity index (χ0n) is 10.9. The topological polar surface area (TPSA) is 66.0 Å². The molecule has 17 heavy (non-hydrogen) atoms. The average molecular weight is 234 g/mol. The van der Waals surface area contributed by atoms with E-state index in [2.05, 4.69) is 9.97 Å². The summed E-state index contributed by atoms with van der Waals surface area (Å²) in [5, 5.41) is 0.831. The van der Waals surface area contributed by atoms with E-state index >= 15 is 0 Å². The van der Waals surface area contributed by atoms with Crippen LogP contribution in [-0.4, -0.2) is 20.1 Å². The summed E-state index contributed by atoms with van der Waals surface area (Å²) in [5.41, 5.74) is 6.38. The van der Waals surface area contributed by atoms with E-state index in [0.29, 0.717) is 11.6 Å². The molecule has 0 aliphatic rings. The third kappa shape index (κ3) is 2.18. The van der Waals surface area contributed by atoms with E-state index in [9.17, 15) is 0 Å². The number of aryl methyl sites for hydroxylation is 2. The van der Waals surface area contributed by atoms with Gasteiger partial charge in [0.1, 0.15) is 22.8 Å². The lowest BCUT2D eigenvalue weighted by atomic mass is 10.2. The number of ether oxygens (including phenoxy) is 1. The maximum atomic E-state index is 5.91. The van der Waals surface area contributed by atoms with Crippen molar-refractivity contribution in [1.82, 2.24) is 14.5 Å². The van der Waals surface area contributed by atoms with Crippen LogP contribution in [0.25, 0.3) is 10.9 Å². The molecule has 2 aromatic rings. The van der Waals surface area contributed by atoms with Crippen LogP contribution in [0.3, 0.4) is 0 Å². The van der Waals surface area contributed by atoms with Gasteiger partial charge in [0.2, 0.25) is 5.88 Å². The Hall–Kier alpha value is -1.78. The highest BCUT2D eigenvalue weighted by atomic mass is 16.5. The number of nitrogens with zero attached hydrogens (tertiary/aromatic N) is 3. The maximum absolute atomic E-state index is 5.91. The molecule has 0 saturated carbocycles. The van der Waals surface area contributed by atoms with Crippen LogP contribution >= 0.6 is 0 Å². The largest absolute Gasteiger partial charge is 0.472 e. The van der Waals surface area contributed by atoms with Gasteiger partial charge in [-0.15, -0.1) is 0 Å². The van der Waals surface area contributed by atoms with Crippen molar-refractivity contribution in [3.8, 4) is 5.88 Å². The van der Waals surface area contributed by atoms with Gasteiger partial charge in [-0.3, -0.25) is 0 Å². The van der Waals surface area contributed by atoms with E-state index in [0.717, 1.165) is 16.8 Å². The van der Waals surface area contributed by atoms with Crippen LogP contribution in [0.2, 0.25) is 0 Å². The van der Waals surface area contributed by atoms with Crippen LogP contribution in [-0.2, 0) is 7.05 Å². The number of anilines is 1. The molecule has 0 aromatic carbocycles. The van der Waals surface area contributed by atoms with Gasteiger partial charge in [-0.25, -0.2) is 9.97 Å². The minimum Gasteiger partial charge on any atom is -0.472 e. The molecular weight excluding hydrogens is 216 g/mol. The highest BCUT2D eigenvalue weighted by Crippen LogP contribution is 2.30. The number of nitrogens with two attached hydrogens (primary N) is 1. The molecule has 0 aliphatic carbocycles. The Labute approximate surface area is 101 Å². The smallest absolute Gasteiger partial charge is 0.221 e. The van der Waals surface area contributed by atoms with Gasteiger partial charge in [0.15, 0.2) is 0 Å². The van der Waals surface area contributed by atoms with Crippen LogP contribution < -0.4 is 10.5 Å². The lowest BCUT2D eigenvalue weighted by Crippen LogP contribution is -2.24. The quantitative estimate of drug-likeness (QED) is 0.820. The predicted molar refractivity (Wildman–Crippen MR) is 68.0 cm³/mol. The van der Waals surface area contributed by atoms with Gasteiger partial charge in [-0.1, -0.05) is 0 Å². The van der Waals surface area contributed by atoms with Gasteiger partial charge in [0.05, 0.1) is 5.39 Å². The minimum absolute atomic E-state index is 0.271. The molecule has 2 rings (SSSR count).